The minimum Gasteiger partial charge on any atom is -0.438 e. The Kier molecular flexibility index (Phi) is 4.53. The Morgan fingerprint density at radius 3 is 3.00 bits per heavy atom. The van der Waals surface area contributed by atoms with Crippen molar-refractivity contribution >= 4 is 5.91 Å². The maximum Gasteiger partial charge on any atom is 0.222 e. The van der Waals surface area contributed by atoms with Crippen LogP contribution in [0.1, 0.15) is 38.1 Å². The van der Waals surface area contributed by atoms with Gasteiger partial charge in [0, 0.05) is 18.0 Å². The molecule has 1 aromatic carbocycles. The molecule has 1 fully saturated rings. The first kappa shape index (κ1) is 14.8. The van der Waals surface area contributed by atoms with Crippen LogP contribution in [0.5, 0.6) is 0 Å². The van der Waals surface area contributed by atoms with Gasteiger partial charge in [-0.1, -0.05) is 30.3 Å². The standard InChI is InChI=1S/C17H21N3O2/c1-12(20-16(21)10-14-8-5-9-18-14)17-19-11-15(22-17)13-6-3-2-4-7-13/h2-4,6-7,11-12,14,18H,5,8-10H2,1H3,(H,20,21). The fourth-order valence-electron chi connectivity index (χ4n) is 2.74. The highest BCUT2D eigenvalue weighted by Gasteiger charge is 2.20. The molecule has 1 amide bonds. The third kappa shape index (κ3) is 3.54. The first-order valence-electron chi connectivity index (χ1n) is 7.76. The van der Waals surface area contributed by atoms with E-state index in [1.54, 1.807) is 6.20 Å². The molecule has 2 N–H and O–H groups in total. The highest BCUT2D eigenvalue weighted by molar-refractivity contribution is 5.77. The topological polar surface area (TPSA) is 67.2 Å². The lowest BCUT2D eigenvalue weighted by Gasteiger charge is -2.13. The van der Waals surface area contributed by atoms with Crippen LogP contribution in [-0.2, 0) is 4.79 Å². The van der Waals surface area contributed by atoms with Gasteiger partial charge in [0.05, 0.1) is 6.20 Å². The van der Waals surface area contributed by atoms with Gasteiger partial charge in [0.25, 0.3) is 0 Å². The zero-order valence-corrected chi connectivity index (χ0v) is 12.7. The molecule has 116 valence electrons. The minimum atomic E-state index is -0.230. The van der Waals surface area contributed by atoms with Gasteiger partial charge in [-0.05, 0) is 26.3 Å². The van der Waals surface area contributed by atoms with Crippen LogP contribution in [-0.4, -0.2) is 23.5 Å². The van der Waals surface area contributed by atoms with Gasteiger partial charge in [0.1, 0.15) is 6.04 Å². The number of aromatic nitrogens is 1. The van der Waals surface area contributed by atoms with Gasteiger partial charge in [-0.3, -0.25) is 4.79 Å². The molecule has 2 atom stereocenters. The minimum absolute atomic E-state index is 0.0337. The smallest absolute Gasteiger partial charge is 0.222 e. The Bertz CT molecular complexity index is 618. The number of hydrogen-bond donors (Lipinski definition) is 2. The van der Waals surface area contributed by atoms with Crippen LogP contribution < -0.4 is 10.6 Å². The van der Waals surface area contributed by atoms with Crippen molar-refractivity contribution in [3.63, 3.8) is 0 Å². The fraction of sp³-hybridized carbons (Fsp3) is 0.412. The molecular formula is C17H21N3O2. The summed E-state index contributed by atoms with van der Waals surface area (Å²) in [6, 6.07) is 9.89. The number of nitrogens with zero attached hydrogens (tertiary/aromatic N) is 1. The summed E-state index contributed by atoms with van der Waals surface area (Å²) in [4.78, 5) is 16.3. The molecule has 0 bridgehead atoms. The second-order valence-corrected chi connectivity index (χ2v) is 5.72. The van der Waals surface area contributed by atoms with E-state index in [1.807, 2.05) is 37.3 Å². The van der Waals surface area contributed by atoms with Gasteiger partial charge in [-0.2, -0.15) is 0 Å². The van der Waals surface area contributed by atoms with Crippen molar-refractivity contribution in [1.82, 2.24) is 15.6 Å². The zero-order valence-electron chi connectivity index (χ0n) is 12.7. The second kappa shape index (κ2) is 6.75. The van der Waals surface area contributed by atoms with E-state index in [-0.39, 0.29) is 11.9 Å². The van der Waals surface area contributed by atoms with Crippen LogP contribution in [0.15, 0.2) is 40.9 Å². The van der Waals surface area contributed by atoms with Crippen molar-refractivity contribution in [2.45, 2.75) is 38.3 Å². The van der Waals surface area contributed by atoms with E-state index in [1.165, 1.54) is 0 Å². The summed E-state index contributed by atoms with van der Waals surface area (Å²) in [5.41, 5.74) is 0.981. The predicted octanol–water partition coefficient (Wildman–Crippen LogP) is 2.66. The first-order chi connectivity index (χ1) is 10.7. The van der Waals surface area contributed by atoms with E-state index in [9.17, 15) is 4.79 Å². The molecule has 2 unspecified atom stereocenters. The van der Waals surface area contributed by atoms with Gasteiger partial charge in [-0.15, -0.1) is 0 Å². The number of benzene rings is 1. The molecule has 5 heteroatoms. The summed E-state index contributed by atoms with van der Waals surface area (Å²) in [5.74, 6) is 1.28. The molecule has 2 heterocycles. The number of rotatable bonds is 5. The Morgan fingerprint density at radius 2 is 2.27 bits per heavy atom. The third-order valence-corrected chi connectivity index (χ3v) is 3.92. The zero-order chi connectivity index (χ0) is 15.4. The SMILES string of the molecule is CC(NC(=O)CC1CCCN1)c1ncc(-c2ccccc2)o1. The molecule has 5 nitrogen and oxygen atoms in total. The number of oxazole rings is 1. The van der Waals surface area contributed by atoms with Crippen molar-refractivity contribution in [3.8, 4) is 11.3 Å². The van der Waals surface area contributed by atoms with Gasteiger partial charge in [0.2, 0.25) is 11.8 Å². The molecule has 1 aromatic heterocycles. The number of hydrogen-bond acceptors (Lipinski definition) is 4. The molecular weight excluding hydrogens is 278 g/mol. The molecule has 0 spiro atoms. The Hall–Kier alpha value is -2.14. The highest BCUT2D eigenvalue weighted by atomic mass is 16.4. The van der Waals surface area contributed by atoms with Crippen molar-refractivity contribution in [1.29, 1.82) is 0 Å². The van der Waals surface area contributed by atoms with Crippen molar-refractivity contribution in [2.75, 3.05) is 6.54 Å². The molecule has 1 aliphatic heterocycles. The maximum atomic E-state index is 12.0. The molecule has 2 aromatic rings. The molecule has 3 rings (SSSR count). The van der Waals surface area contributed by atoms with Crippen LogP contribution >= 0.6 is 0 Å². The number of carbonyl (C=O) groups excluding carboxylic acids is 1. The van der Waals surface area contributed by atoms with E-state index in [0.717, 1.165) is 24.9 Å². The van der Waals surface area contributed by atoms with Crippen LogP contribution in [0.3, 0.4) is 0 Å². The average molecular weight is 299 g/mol. The van der Waals surface area contributed by atoms with Gasteiger partial charge < -0.3 is 15.1 Å². The summed E-state index contributed by atoms with van der Waals surface area (Å²) in [7, 11) is 0. The van der Waals surface area contributed by atoms with E-state index >= 15 is 0 Å². The molecule has 0 aliphatic carbocycles. The van der Waals surface area contributed by atoms with E-state index in [4.69, 9.17) is 4.42 Å². The summed E-state index contributed by atoms with van der Waals surface area (Å²) in [6.45, 7) is 2.90. The van der Waals surface area contributed by atoms with Crippen LogP contribution in [0.4, 0.5) is 0 Å². The predicted molar refractivity (Wildman–Crippen MR) is 84.1 cm³/mol. The fourth-order valence-corrected chi connectivity index (χ4v) is 2.74. The highest BCUT2D eigenvalue weighted by Crippen LogP contribution is 2.22. The van der Waals surface area contributed by atoms with Crippen molar-refractivity contribution in [3.05, 3.63) is 42.4 Å². The molecule has 0 radical (unpaired) electrons. The van der Waals surface area contributed by atoms with Gasteiger partial charge in [-0.25, -0.2) is 4.98 Å². The number of amides is 1. The van der Waals surface area contributed by atoms with Crippen LogP contribution in [0, 0.1) is 0 Å². The summed E-state index contributed by atoms with van der Waals surface area (Å²) >= 11 is 0. The van der Waals surface area contributed by atoms with Crippen LogP contribution in [0.2, 0.25) is 0 Å². The third-order valence-electron chi connectivity index (χ3n) is 3.92. The van der Waals surface area contributed by atoms with Gasteiger partial charge in [0.15, 0.2) is 5.76 Å². The number of carbonyl (C=O) groups is 1. The molecule has 22 heavy (non-hydrogen) atoms. The van der Waals surface area contributed by atoms with E-state index in [0.29, 0.717) is 24.1 Å². The van der Waals surface area contributed by atoms with E-state index in [2.05, 4.69) is 15.6 Å². The lowest BCUT2D eigenvalue weighted by Crippen LogP contribution is -2.33. The quantitative estimate of drug-likeness (QED) is 0.890. The summed E-state index contributed by atoms with van der Waals surface area (Å²) < 4.78 is 5.76. The maximum absolute atomic E-state index is 12.0. The Labute approximate surface area is 130 Å². The van der Waals surface area contributed by atoms with Crippen LogP contribution in [0.25, 0.3) is 11.3 Å². The molecule has 1 saturated heterocycles. The lowest BCUT2D eigenvalue weighted by atomic mass is 10.1. The summed E-state index contributed by atoms with van der Waals surface area (Å²) in [5, 5.41) is 6.28. The largest absolute Gasteiger partial charge is 0.438 e. The molecule has 1 aliphatic rings. The van der Waals surface area contributed by atoms with Crippen molar-refractivity contribution < 1.29 is 9.21 Å². The number of nitrogens with one attached hydrogen (secondary N) is 2. The average Bonchev–Trinajstić information content (AvgIpc) is 3.19. The normalized spacial score (nSPS) is 19.0. The lowest BCUT2D eigenvalue weighted by molar-refractivity contribution is -0.122. The monoisotopic (exact) mass is 299 g/mol. The first-order valence-corrected chi connectivity index (χ1v) is 7.76. The second-order valence-electron chi connectivity index (χ2n) is 5.72. The van der Waals surface area contributed by atoms with E-state index < -0.39 is 0 Å². The van der Waals surface area contributed by atoms with Gasteiger partial charge >= 0.3 is 0 Å². The Morgan fingerprint density at radius 1 is 1.45 bits per heavy atom. The van der Waals surface area contributed by atoms with Crippen molar-refractivity contribution in [2.24, 2.45) is 0 Å². The summed E-state index contributed by atoms with van der Waals surface area (Å²) in [6.07, 6.45) is 4.43. The Balaban J connectivity index is 1.59. The molecule has 0 saturated carbocycles.